The number of aromatic nitrogens is 2. The van der Waals surface area contributed by atoms with Crippen molar-refractivity contribution in [2.45, 2.75) is 56.7 Å². The van der Waals surface area contributed by atoms with Crippen molar-refractivity contribution in [2.75, 3.05) is 11.9 Å². The van der Waals surface area contributed by atoms with E-state index in [2.05, 4.69) is 14.8 Å². The second kappa shape index (κ2) is 9.53. The normalized spacial score (nSPS) is 26.1. The number of rotatable bonds is 4. The molecule has 8 rings (SSSR count). The summed E-state index contributed by atoms with van der Waals surface area (Å²) < 4.78 is 18.3. The van der Waals surface area contributed by atoms with Gasteiger partial charge in [-0.25, -0.2) is 14.2 Å². The molecule has 0 bridgehead atoms. The number of halogens is 3. The van der Waals surface area contributed by atoms with Crippen molar-refractivity contribution in [1.29, 1.82) is 0 Å². The third kappa shape index (κ3) is 3.64. The van der Waals surface area contributed by atoms with Crippen LogP contribution in [0.2, 0.25) is 10.0 Å². The van der Waals surface area contributed by atoms with E-state index in [0.717, 1.165) is 36.2 Å². The number of carboxylic acid groups (broad SMARTS) is 1. The van der Waals surface area contributed by atoms with Crippen molar-refractivity contribution >= 4 is 51.8 Å². The number of nitrogens with one attached hydrogen (secondary N) is 1. The SMILES string of the molecule is C.O=C(O)c1ccc2c(c1)nc1n2CC[C@H]2[C@@H]1[C@H](c1cccc(Cl)c1F)[C@]1(C(=O)Nc3cc(Cl)ccc31)N2CC1CC1. The molecule has 4 heterocycles. The number of aromatic carboxylic acids is 1. The zero-order valence-corrected chi connectivity index (χ0v) is 23.3. The first kappa shape index (κ1) is 27.4. The zero-order valence-electron chi connectivity index (χ0n) is 21.8. The molecule has 1 aliphatic carbocycles. The van der Waals surface area contributed by atoms with Crippen molar-refractivity contribution in [1.82, 2.24) is 14.5 Å². The number of fused-ring (bicyclic) bond motifs is 7. The molecule has 0 unspecified atom stereocenters. The lowest BCUT2D eigenvalue weighted by Crippen LogP contribution is -2.53. The number of nitrogens with zero attached hydrogens (tertiary/aromatic N) is 3. The van der Waals surface area contributed by atoms with Crippen LogP contribution in [0.25, 0.3) is 11.0 Å². The minimum atomic E-state index is -1.21. The number of carboxylic acids is 1. The minimum absolute atomic E-state index is 0. The first-order chi connectivity index (χ1) is 19.8. The summed E-state index contributed by atoms with van der Waals surface area (Å²) in [6.07, 6.45) is 2.91. The molecule has 1 spiro atoms. The monoisotopic (exact) mass is 606 g/mol. The molecule has 2 N–H and O–H groups in total. The number of amides is 1. The van der Waals surface area contributed by atoms with Crippen LogP contribution in [-0.2, 0) is 16.9 Å². The average Bonchev–Trinajstić information content (AvgIpc) is 3.53. The highest BCUT2D eigenvalue weighted by Crippen LogP contribution is 2.64. The maximum atomic E-state index is 16.1. The van der Waals surface area contributed by atoms with Gasteiger partial charge >= 0.3 is 5.97 Å². The molecular weight excluding hydrogens is 578 g/mol. The molecule has 1 aromatic heterocycles. The number of carbonyl (C=O) groups excluding carboxylic acids is 1. The van der Waals surface area contributed by atoms with Gasteiger partial charge in [0.05, 0.1) is 21.6 Å². The molecule has 1 saturated carbocycles. The number of imidazole rings is 1. The van der Waals surface area contributed by atoms with Gasteiger partial charge in [-0.3, -0.25) is 9.69 Å². The summed E-state index contributed by atoms with van der Waals surface area (Å²) in [6.45, 7) is 1.36. The number of carbonyl (C=O) groups is 2. The van der Waals surface area contributed by atoms with Gasteiger partial charge in [0, 0.05) is 47.2 Å². The number of aryl methyl sites for hydroxylation is 1. The van der Waals surface area contributed by atoms with Crippen molar-refractivity contribution in [3.8, 4) is 0 Å². The van der Waals surface area contributed by atoms with E-state index in [4.69, 9.17) is 28.2 Å². The Labute approximate surface area is 252 Å². The summed E-state index contributed by atoms with van der Waals surface area (Å²) in [5.74, 6) is -1.59. The highest BCUT2D eigenvalue weighted by atomic mass is 35.5. The molecule has 3 aromatic carbocycles. The number of benzene rings is 3. The Kier molecular flexibility index (Phi) is 6.21. The smallest absolute Gasteiger partial charge is 0.335 e. The predicted octanol–water partition coefficient (Wildman–Crippen LogP) is 7.03. The quantitative estimate of drug-likeness (QED) is 0.260. The molecule has 2 fully saturated rings. The van der Waals surface area contributed by atoms with Crippen LogP contribution in [-0.4, -0.2) is 44.0 Å². The molecule has 1 amide bonds. The second-order valence-corrected chi connectivity index (χ2v) is 12.5. The van der Waals surface area contributed by atoms with E-state index >= 15 is 4.39 Å². The lowest BCUT2D eigenvalue weighted by Gasteiger charge is -2.40. The van der Waals surface area contributed by atoms with Crippen molar-refractivity contribution < 1.29 is 19.1 Å². The molecule has 216 valence electrons. The van der Waals surface area contributed by atoms with Crippen LogP contribution in [0, 0.1) is 11.7 Å². The summed E-state index contributed by atoms with van der Waals surface area (Å²) in [7, 11) is 0. The highest BCUT2D eigenvalue weighted by molar-refractivity contribution is 6.31. The van der Waals surface area contributed by atoms with E-state index in [1.807, 2.05) is 6.07 Å². The Morgan fingerprint density at radius 2 is 1.93 bits per heavy atom. The van der Waals surface area contributed by atoms with E-state index in [1.54, 1.807) is 42.5 Å². The van der Waals surface area contributed by atoms with E-state index < -0.39 is 23.2 Å². The summed E-state index contributed by atoms with van der Waals surface area (Å²) >= 11 is 12.7. The van der Waals surface area contributed by atoms with Crippen LogP contribution in [0.5, 0.6) is 0 Å². The van der Waals surface area contributed by atoms with Gasteiger partial charge in [-0.05, 0) is 67.1 Å². The van der Waals surface area contributed by atoms with Gasteiger partial charge in [0.1, 0.15) is 17.2 Å². The molecule has 0 radical (unpaired) electrons. The van der Waals surface area contributed by atoms with E-state index in [0.29, 0.717) is 40.8 Å². The molecule has 42 heavy (non-hydrogen) atoms. The minimum Gasteiger partial charge on any atom is -0.478 e. The summed E-state index contributed by atoms with van der Waals surface area (Å²) in [4.78, 5) is 33.5. The number of likely N-dealkylation sites (tertiary alicyclic amines) is 1. The average molecular weight is 608 g/mol. The van der Waals surface area contributed by atoms with Crippen LogP contribution in [0.4, 0.5) is 10.1 Å². The topological polar surface area (TPSA) is 87.5 Å². The van der Waals surface area contributed by atoms with Gasteiger partial charge in [-0.15, -0.1) is 0 Å². The van der Waals surface area contributed by atoms with Gasteiger partial charge in [0.25, 0.3) is 0 Å². The Morgan fingerprint density at radius 1 is 1.12 bits per heavy atom. The molecule has 4 aromatic rings. The molecule has 4 atom stereocenters. The van der Waals surface area contributed by atoms with E-state index in [1.165, 1.54) is 6.07 Å². The first-order valence-corrected chi connectivity index (χ1v) is 14.6. The second-order valence-electron chi connectivity index (χ2n) is 11.6. The van der Waals surface area contributed by atoms with Gasteiger partial charge in [-0.1, -0.05) is 48.8 Å². The maximum absolute atomic E-state index is 16.1. The standard InChI is InChI=1S/C31H25Cl2FN4O3.CH4/c32-17-7-8-19-21(13-17)36-30(41)31(19)26(18-2-1-3-20(33)27(18)34)25-24(38(31)14-15-4-5-15)10-11-37-23-9-6-16(29(39)40)12-22(23)35-28(25)37;/h1-3,6-9,12-13,15,24-26H,4-5,10-11,14H2,(H,36,41)(H,39,40);1H4/t24-,25+,26-,31+;/m0./s1. The molecule has 1 saturated heterocycles. The van der Waals surface area contributed by atoms with E-state index in [-0.39, 0.29) is 35.9 Å². The molecular formula is C32H29Cl2FN4O3. The lowest BCUT2D eigenvalue weighted by molar-refractivity contribution is -0.128. The van der Waals surface area contributed by atoms with Crippen LogP contribution in [0.15, 0.2) is 54.6 Å². The number of anilines is 1. The molecule has 10 heteroatoms. The summed E-state index contributed by atoms with van der Waals surface area (Å²) in [5.41, 5.74) is 2.13. The van der Waals surface area contributed by atoms with Crippen molar-refractivity contribution in [3.63, 3.8) is 0 Å². The summed E-state index contributed by atoms with van der Waals surface area (Å²) in [6, 6.07) is 15.3. The fourth-order valence-electron chi connectivity index (χ4n) is 7.73. The third-order valence-corrected chi connectivity index (χ3v) is 10.0. The van der Waals surface area contributed by atoms with Gasteiger partial charge in [0.2, 0.25) is 5.91 Å². The van der Waals surface area contributed by atoms with Crippen LogP contribution in [0.3, 0.4) is 0 Å². The summed E-state index contributed by atoms with van der Waals surface area (Å²) in [5, 5.41) is 13.2. The van der Waals surface area contributed by atoms with E-state index in [9.17, 15) is 14.7 Å². The fourth-order valence-corrected chi connectivity index (χ4v) is 8.08. The number of hydrogen-bond donors (Lipinski definition) is 2. The Balaban J connectivity index is 0.00000288. The molecule has 7 nitrogen and oxygen atoms in total. The highest BCUT2D eigenvalue weighted by Gasteiger charge is 2.69. The molecule has 4 aliphatic rings. The van der Waals surface area contributed by atoms with Crippen LogP contribution < -0.4 is 5.32 Å². The lowest BCUT2D eigenvalue weighted by atomic mass is 9.70. The predicted molar refractivity (Wildman–Crippen MR) is 160 cm³/mol. The maximum Gasteiger partial charge on any atom is 0.335 e. The van der Waals surface area contributed by atoms with Crippen molar-refractivity contribution in [3.05, 3.63) is 93.0 Å². The Hall–Kier alpha value is -3.46. The first-order valence-electron chi connectivity index (χ1n) is 13.8. The van der Waals surface area contributed by atoms with Gasteiger partial charge < -0.3 is 15.0 Å². The molecule has 3 aliphatic heterocycles. The zero-order chi connectivity index (χ0) is 28.2. The third-order valence-electron chi connectivity index (χ3n) is 9.50. The largest absolute Gasteiger partial charge is 0.478 e. The number of hydrogen-bond acceptors (Lipinski definition) is 4. The van der Waals surface area contributed by atoms with Gasteiger partial charge in [-0.2, -0.15) is 0 Å². The van der Waals surface area contributed by atoms with Crippen LogP contribution >= 0.6 is 23.2 Å². The fraction of sp³-hybridized carbons (Fsp3) is 0.344. The Bertz CT molecular complexity index is 1800. The van der Waals surface area contributed by atoms with Crippen LogP contribution in [0.1, 0.15) is 65.8 Å². The van der Waals surface area contributed by atoms with Gasteiger partial charge in [0.15, 0.2) is 0 Å². The van der Waals surface area contributed by atoms with Crippen molar-refractivity contribution in [2.24, 2.45) is 5.92 Å². The Morgan fingerprint density at radius 3 is 2.69 bits per heavy atom.